The number of nitrogens with one attached hydrogen (secondary N) is 1. The van der Waals surface area contributed by atoms with Gasteiger partial charge in [0.15, 0.2) is 0 Å². The summed E-state index contributed by atoms with van der Waals surface area (Å²) >= 11 is 6.11. The normalized spacial score (nSPS) is 20.0. The summed E-state index contributed by atoms with van der Waals surface area (Å²) in [5, 5.41) is 3.98. The van der Waals surface area contributed by atoms with Crippen LogP contribution in [0.4, 0.5) is 0 Å². The van der Waals surface area contributed by atoms with Crippen LogP contribution in [0.15, 0.2) is 18.2 Å². The third-order valence-corrected chi connectivity index (χ3v) is 3.31. The Balaban J connectivity index is 1.89. The van der Waals surface area contributed by atoms with Gasteiger partial charge in [0, 0.05) is 18.5 Å². The first-order valence-electron chi connectivity index (χ1n) is 5.96. The van der Waals surface area contributed by atoms with Gasteiger partial charge in [0.25, 0.3) is 0 Å². The van der Waals surface area contributed by atoms with Crippen molar-refractivity contribution in [3.63, 3.8) is 0 Å². The fraction of sp³-hybridized carbons (Fsp3) is 0.538. The van der Waals surface area contributed by atoms with Crippen molar-refractivity contribution in [3.05, 3.63) is 23.2 Å². The van der Waals surface area contributed by atoms with Crippen LogP contribution < -0.4 is 14.8 Å². The van der Waals surface area contributed by atoms with E-state index >= 15 is 0 Å². The van der Waals surface area contributed by atoms with E-state index in [0.717, 1.165) is 31.2 Å². The molecule has 0 bridgehead atoms. The van der Waals surface area contributed by atoms with Gasteiger partial charge in [-0.15, -0.1) is 0 Å². The highest BCUT2D eigenvalue weighted by atomic mass is 35.5. The molecule has 1 aliphatic heterocycles. The van der Waals surface area contributed by atoms with E-state index in [9.17, 15) is 0 Å². The number of rotatable bonds is 4. The van der Waals surface area contributed by atoms with Gasteiger partial charge in [-0.1, -0.05) is 11.6 Å². The third-order valence-electron chi connectivity index (χ3n) is 3.01. The third kappa shape index (κ3) is 3.51. The molecule has 1 aromatic rings. The van der Waals surface area contributed by atoms with E-state index in [-0.39, 0.29) is 0 Å². The molecule has 0 saturated carbocycles. The Labute approximate surface area is 107 Å². The molecule has 1 aliphatic rings. The van der Waals surface area contributed by atoms with Gasteiger partial charge in [0.2, 0.25) is 0 Å². The number of halogens is 1. The smallest absolute Gasteiger partial charge is 0.138 e. The van der Waals surface area contributed by atoms with E-state index in [2.05, 4.69) is 5.32 Å². The van der Waals surface area contributed by atoms with E-state index in [0.29, 0.717) is 10.9 Å². The number of hydrogen-bond donors (Lipinski definition) is 1. The zero-order chi connectivity index (χ0) is 12.1. The van der Waals surface area contributed by atoms with Crippen LogP contribution in [0.25, 0.3) is 0 Å². The molecule has 0 spiro atoms. The van der Waals surface area contributed by atoms with Crippen molar-refractivity contribution < 1.29 is 9.47 Å². The molecule has 0 aliphatic carbocycles. The molecule has 2 rings (SSSR count). The fourth-order valence-electron chi connectivity index (χ4n) is 2.00. The van der Waals surface area contributed by atoms with Crippen LogP contribution in [0.3, 0.4) is 0 Å². The maximum absolute atomic E-state index is 6.11. The first kappa shape index (κ1) is 12.5. The van der Waals surface area contributed by atoms with E-state index in [1.54, 1.807) is 13.2 Å². The molecule has 4 heteroatoms. The number of ether oxygens (including phenoxy) is 2. The largest absolute Gasteiger partial charge is 0.497 e. The highest BCUT2D eigenvalue weighted by Crippen LogP contribution is 2.29. The number of methoxy groups -OCH3 is 1. The molecule has 0 amide bonds. The first-order valence-corrected chi connectivity index (χ1v) is 6.34. The Kier molecular flexibility index (Phi) is 4.51. The number of hydrogen-bond acceptors (Lipinski definition) is 3. The quantitative estimate of drug-likeness (QED) is 0.898. The van der Waals surface area contributed by atoms with Gasteiger partial charge >= 0.3 is 0 Å². The number of piperidine rings is 1. The molecular formula is C13H18ClNO2. The van der Waals surface area contributed by atoms with Crippen LogP contribution in [0, 0.1) is 5.92 Å². The standard InChI is InChI=1S/C13H18ClNO2/c1-16-11-4-5-13(12(14)7-11)17-9-10-3-2-6-15-8-10/h4-5,7,10,15H,2-3,6,8-9H2,1H3/t10-/m0/s1. The molecule has 1 atom stereocenters. The van der Waals surface area contributed by atoms with Crippen molar-refractivity contribution >= 4 is 11.6 Å². The number of benzene rings is 1. The summed E-state index contributed by atoms with van der Waals surface area (Å²) in [4.78, 5) is 0. The van der Waals surface area contributed by atoms with Crippen molar-refractivity contribution in [2.75, 3.05) is 26.8 Å². The van der Waals surface area contributed by atoms with Crippen molar-refractivity contribution in [2.45, 2.75) is 12.8 Å². The predicted molar refractivity (Wildman–Crippen MR) is 69.1 cm³/mol. The maximum Gasteiger partial charge on any atom is 0.138 e. The van der Waals surface area contributed by atoms with Crippen LogP contribution in [-0.2, 0) is 0 Å². The van der Waals surface area contributed by atoms with Gasteiger partial charge < -0.3 is 14.8 Å². The SMILES string of the molecule is COc1ccc(OC[C@H]2CCCNC2)c(Cl)c1. The lowest BCUT2D eigenvalue weighted by atomic mass is 10.0. The van der Waals surface area contributed by atoms with E-state index in [1.165, 1.54) is 12.8 Å². The maximum atomic E-state index is 6.11. The van der Waals surface area contributed by atoms with Crippen LogP contribution in [0.1, 0.15) is 12.8 Å². The highest BCUT2D eigenvalue weighted by Gasteiger charge is 2.14. The Morgan fingerprint density at radius 2 is 2.35 bits per heavy atom. The molecule has 1 heterocycles. The minimum atomic E-state index is 0.585. The van der Waals surface area contributed by atoms with E-state index in [1.807, 2.05) is 12.1 Å². The first-order chi connectivity index (χ1) is 8.29. The Hall–Kier alpha value is -0.930. The van der Waals surface area contributed by atoms with E-state index in [4.69, 9.17) is 21.1 Å². The van der Waals surface area contributed by atoms with Gasteiger partial charge in [-0.2, -0.15) is 0 Å². The second-order valence-corrected chi connectivity index (χ2v) is 4.73. The van der Waals surface area contributed by atoms with Gasteiger partial charge in [-0.3, -0.25) is 0 Å². The highest BCUT2D eigenvalue weighted by molar-refractivity contribution is 6.32. The lowest BCUT2D eigenvalue weighted by Crippen LogP contribution is -2.33. The second-order valence-electron chi connectivity index (χ2n) is 4.32. The molecule has 1 N–H and O–H groups in total. The summed E-state index contributed by atoms with van der Waals surface area (Å²) < 4.78 is 10.8. The minimum absolute atomic E-state index is 0.585. The van der Waals surface area contributed by atoms with E-state index < -0.39 is 0 Å². The predicted octanol–water partition coefficient (Wildman–Crippen LogP) is 2.73. The fourth-order valence-corrected chi connectivity index (χ4v) is 2.22. The van der Waals surface area contributed by atoms with Crippen LogP contribution >= 0.6 is 11.6 Å². The molecular weight excluding hydrogens is 238 g/mol. The molecule has 17 heavy (non-hydrogen) atoms. The zero-order valence-electron chi connectivity index (χ0n) is 10.0. The van der Waals surface area contributed by atoms with Gasteiger partial charge in [-0.25, -0.2) is 0 Å². The van der Waals surface area contributed by atoms with Crippen molar-refractivity contribution in [2.24, 2.45) is 5.92 Å². The molecule has 0 aromatic heterocycles. The van der Waals surface area contributed by atoms with Gasteiger partial charge in [0.1, 0.15) is 11.5 Å². The van der Waals surface area contributed by atoms with Crippen LogP contribution in [-0.4, -0.2) is 26.8 Å². The lowest BCUT2D eigenvalue weighted by molar-refractivity contribution is 0.218. The van der Waals surface area contributed by atoms with Crippen molar-refractivity contribution in [1.29, 1.82) is 0 Å². The van der Waals surface area contributed by atoms with Crippen LogP contribution in [0.2, 0.25) is 5.02 Å². The zero-order valence-corrected chi connectivity index (χ0v) is 10.8. The lowest BCUT2D eigenvalue weighted by Gasteiger charge is -2.23. The molecule has 0 unspecified atom stereocenters. The Morgan fingerprint density at radius 1 is 1.47 bits per heavy atom. The molecule has 3 nitrogen and oxygen atoms in total. The average molecular weight is 256 g/mol. The Morgan fingerprint density at radius 3 is 3.00 bits per heavy atom. The monoisotopic (exact) mass is 255 g/mol. The molecule has 0 radical (unpaired) electrons. The average Bonchev–Trinajstić information content (AvgIpc) is 2.38. The molecule has 1 saturated heterocycles. The summed E-state index contributed by atoms with van der Waals surface area (Å²) in [6, 6.07) is 5.49. The summed E-state index contributed by atoms with van der Waals surface area (Å²) in [6.45, 7) is 2.88. The molecule has 1 fully saturated rings. The van der Waals surface area contributed by atoms with Crippen LogP contribution in [0.5, 0.6) is 11.5 Å². The summed E-state index contributed by atoms with van der Waals surface area (Å²) in [7, 11) is 1.62. The van der Waals surface area contributed by atoms with Gasteiger partial charge in [0.05, 0.1) is 18.7 Å². The summed E-state index contributed by atoms with van der Waals surface area (Å²) in [5.41, 5.74) is 0. The Bertz CT molecular complexity index is 364. The summed E-state index contributed by atoms with van der Waals surface area (Å²) in [6.07, 6.45) is 2.45. The summed E-state index contributed by atoms with van der Waals surface area (Å²) in [5.74, 6) is 2.07. The molecule has 94 valence electrons. The second kappa shape index (κ2) is 6.12. The van der Waals surface area contributed by atoms with Gasteiger partial charge in [-0.05, 0) is 31.5 Å². The molecule has 1 aromatic carbocycles. The topological polar surface area (TPSA) is 30.5 Å². The van der Waals surface area contributed by atoms with Crippen molar-refractivity contribution in [1.82, 2.24) is 5.32 Å². The van der Waals surface area contributed by atoms with Crippen molar-refractivity contribution in [3.8, 4) is 11.5 Å². The minimum Gasteiger partial charge on any atom is -0.497 e.